The lowest BCUT2D eigenvalue weighted by atomic mass is 10.4. The quantitative estimate of drug-likeness (QED) is 0.690. The zero-order chi connectivity index (χ0) is 13.8. The molecule has 2 aromatic rings. The molecule has 2 rings (SSSR count). The zero-order valence-corrected chi connectivity index (χ0v) is 11.9. The molecule has 6 nitrogen and oxygen atoms in total. The molecule has 0 saturated heterocycles. The number of imide groups is 1. The molecular weight excluding hydrogens is 286 g/mol. The number of hydrogen-bond acceptors (Lipinski definition) is 7. The number of nitrogens with one attached hydrogen (secondary N) is 1. The molecule has 0 aromatic carbocycles. The molecule has 1 N–H and O–H groups in total. The van der Waals surface area contributed by atoms with E-state index in [4.69, 9.17) is 0 Å². The summed E-state index contributed by atoms with van der Waals surface area (Å²) in [7, 11) is 1.21. The van der Waals surface area contributed by atoms with Gasteiger partial charge in [0, 0.05) is 5.39 Å². The normalized spacial score (nSPS) is 12.1. The van der Waals surface area contributed by atoms with E-state index >= 15 is 0 Å². The number of fused-ring (bicyclic) bond motifs is 1. The summed E-state index contributed by atoms with van der Waals surface area (Å²) in [5, 5.41) is 5.22. The largest absolute Gasteiger partial charge is 0.453 e. The number of carbonyl (C=O) groups is 2. The fourth-order valence-corrected chi connectivity index (χ4v) is 3.03. The maximum absolute atomic E-state index is 11.7. The Morgan fingerprint density at radius 2 is 2.26 bits per heavy atom. The van der Waals surface area contributed by atoms with Gasteiger partial charge < -0.3 is 4.74 Å². The standard InChI is InChI=1S/C11H11N3O3S2/c1-6(8(15)14-11(16)17-2)19-10-7-3-4-18-9(7)12-5-13-10/h3-6H,1-2H3,(H,14,15,16)/t6-/m0/s1. The summed E-state index contributed by atoms with van der Waals surface area (Å²) in [4.78, 5) is 31.9. The Labute approximate surface area is 117 Å². The van der Waals surface area contributed by atoms with Crippen molar-refractivity contribution in [3.05, 3.63) is 17.8 Å². The van der Waals surface area contributed by atoms with Gasteiger partial charge in [-0.05, 0) is 18.4 Å². The van der Waals surface area contributed by atoms with Crippen molar-refractivity contribution in [3.63, 3.8) is 0 Å². The van der Waals surface area contributed by atoms with E-state index in [1.165, 1.54) is 36.5 Å². The molecule has 100 valence electrons. The molecule has 1 atom stereocenters. The lowest BCUT2D eigenvalue weighted by Gasteiger charge is -2.10. The van der Waals surface area contributed by atoms with E-state index in [1.54, 1.807) is 6.92 Å². The van der Waals surface area contributed by atoms with Crippen molar-refractivity contribution in [1.82, 2.24) is 15.3 Å². The van der Waals surface area contributed by atoms with E-state index in [-0.39, 0.29) is 0 Å². The van der Waals surface area contributed by atoms with Crippen LogP contribution in [0.2, 0.25) is 0 Å². The molecule has 0 fully saturated rings. The minimum absolute atomic E-state index is 0.418. The van der Waals surface area contributed by atoms with Crippen LogP contribution in [0.25, 0.3) is 10.2 Å². The van der Waals surface area contributed by atoms with Crippen LogP contribution in [0.15, 0.2) is 22.8 Å². The Morgan fingerprint density at radius 1 is 1.47 bits per heavy atom. The van der Waals surface area contributed by atoms with Gasteiger partial charge in [-0.15, -0.1) is 11.3 Å². The van der Waals surface area contributed by atoms with Crippen molar-refractivity contribution in [2.45, 2.75) is 17.2 Å². The molecule has 2 heterocycles. The molecule has 2 aromatic heterocycles. The van der Waals surface area contributed by atoms with E-state index in [0.29, 0.717) is 0 Å². The molecule has 0 bridgehead atoms. The second-order valence-electron chi connectivity index (χ2n) is 3.56. The number of nitrogens with zero attached hydrogens (tertiary/aromatic N) is 2. The van der Waals surface area contributed by atoms with Crippen LogP contribution in [-0.2, 0) is 9.53 Å². The minimum atomic E-state index is -0.763. The van der Waals surface area contributed by atoms with Gasteiger partial charge in [-0.1, -0.05) is 11.8 Å². The monoisotopic (exact) mass is 297 g/mol. The van der Waals surface area contributed by atoms with Crippen LogP contribution in [0.1, 0.15) is 6.92 Å². The number of carbonyl (C=O) groups excluding carboxylic acids is 2. The number of hydrogen-bond donors (Lipinski definition) is 1. The van der Waals surface area contributed by atoms with Crippen LogP contribution in [-0.4, -0.2) is 34.3 Å². The van der Waals surface area contributed by atoms with Gasteiger partial charge in [0.1, 0.15) is 16.2 Å². The maximum Gasteiger partial charge on any atom is 0.413 e. The molecular formula is C11H11N3O3S2. The zero-order valence-electron chi connectivity index (χ0n) is 10.2. The molecule has 0 radical (unpaired) electrons. The van der Waals surface area contributed by atoms with Crippen LogP contribution >= 0.6 is 23.1 Å². The number of aromatic nitrogens is 2. The Kier molecular flexibility index (Phi) is 4.33. The molecule has 19 heavy (non-hydrogen) atoms. The van der Waals surface area contributed by atoms with E-state index in [9.17, 15) is 9.59 Å². The lowest BCUT2D eigenvalue weighted by molar-refractivity contribution is -0.119. The second kappa shape index (κ2) is 5.98. The first-order valence-electron chi connectivity index (χ1n) is 5.35. The fraction of sp³-hybridized carbons (Fsp3) is 0.273. The SMILES string of the molecule is COC(=O)NC(=O)[C@H](C)Sc1ncnc2sccc12. The Balaban J connectivity index is 2.10. The summed E-state index contributed by atoms with van der Waals surface area (Å²) in [6, 6.07) is 1.91. The van der Waals surface area contributed by atoms with Crippen molar-refractivity contribution in [2.24, 2.45) is 0 Å². The summed E-state index contributed by atoms with van der Waals surface area (Å²) in [6.45, 7) is 1.70. The Bertz CT molecular complexity index is 614. The molecule has 0 unspecified atom stereocenters. The summed E-state index contributed by atoms with van der Waals surface area (Å²) >= 11 is 2.79. The lowest BCUT2D eigenvalue weighted by Crippen LogP contribution is -2.35. The first-order chi connectivity index (χ1) is 9.11. The van der Waals surface area contributed by atoms with E-state index in [2.05, 4.69) is 20.0 Å². The molecule has 0 saturated carbocycles. The van der Waals surface area contributed by atoms with Crippen LogP contribution in [0.4, 0.5) is 4.79 Å². The average Bonchev–Trinajstić information content (AvgIpc) is 2.87. The number of amides is 2. The third-order valence-corrected chi connectivity index (χ3v) is 4.23. The third-order valence-electron chi connectivity index (χ3n) is 2.29. The predicted octanol–water partition coefficient (Wildman–Crippen LogP) is 2.05. The number of alkyl carbamates (subject to hydrolysis) is 1. The van der Waals surface area contributed by atoms with Gasteiger partial charge in [-0.3, -0.25) is 10.1 Å². The van der Waals surface area contributed by atoms with Gasteiger partial charge in [0.2, 0.25) is 5.91 Å². The molecule has 0 aliphatic rings. The van der Waals surface area contributed by atoms with Gasteiger partial charge in [0.15, 0.2) is 0 Å². The fourth-order valence-electron chi connectivity index (χ4n) is 1.34. The van der Waals surface area contributed by atoms with E-state index in [0.717, 1.165) is 15.2 Å². The average molecular weight is 297 g/mol. The van der Waals surface area contributed by atoms with Crippen molar-refractivity contribution in [3.8, 4) is 0 Å². The molecule has 0 aliphatic carbocycles. The minimum Gasteiger partial charge on any atom is -0.453 e. The predicted molar refractivity (Wildman–Crippen MR) is 73.3 cm³/mol. The highest BCUT2D eigenvalue weighted by Gasteiger charge is 2.19. The smallest absolute Gasteiger partial charge is 0.413 e. The van der Waals surface area contributed by atoms with Gasteiger partial charge >= 0.3 is 6.09 Å². The second-order valence-corrected chi connectivity index (χ2v) is 5.78. The van der Waals surface area contributed by atoms with E-state index < -0.39 is 17.3 Å². The van der Waals surface area contributed by atoms with Crippen LogP contribution in [0.3, 0.4) is 0 Å². The van der Waals surface area contributed by atoms with Crippen molar-refractivity contribution in [1.29, 1.82) is 0 Å². The van der Waals surface area contributed by atoms with Crippen LogP contribution in [0.5, 0.6) is 0 Å². The maximum atomic E-state index is 11.7. The molecule has 8 heteroatoms. The Morgan fingerprint density at radius 3 is 3.00 bits per heavy atom. The van der Waals surface area contributed by atoms with E-state index in [1.807, 2.05) is 11.4 Å². The van der Waals surface area contributed by atoms with Crippen LogP contribution in [0, 0.1) is 0 Å². The van der Waals surface area contributed by atoms with Crippen molar-refractivity contribution < 1.29 is 14.3 Å². The summed E-state index contributed by atoms with van der Waals surface area (Å²) in [6.07, 6.45) is 0.701. The highest BCUT2D eigenvalue weighted by Crippen LogP contribution is 2.30. The van der Waals surface area contributed by atoms with Crippen molar-refractivity contribution >= 4 is 45.3 Å². The van der Waals surface area contributed by atoms with Crippen LogP contribution < -0.4 is 5.32 Å². The first kappa shape index (κ1) is 13.8. The molecule has 2 amide bonds. The topological polar surface area (TPSA) is 81.2 Å². The number of thiophene rings is 1. The Hall–Kier alpha value is -1.67. The highest BCUT2D eigenvalue weighted by molar-refractivity contribution is 8.00. The summed E-state index contributed by atoms with van der Waals surface area (Å²) in [5.41, 5.74) is 0. The highest BCUT2D eigenvalue weighted by atomic mass is 32.2. The summed E-state index contributed by atoms with van der Waals surface area (Å²) < 4.78 is 4.37. The van der Waals surface area contributed by atoms with Gasteiger partial charge in [-0.25, -0.2) is 14.8 Å². The molecule has 0 aliphatic heterocycles. The molecule has 0 spiro atoms. The van der Waals surface area contributed by atoms with Gasteiger partial charge in [0.05, 0.1) is 12.4 Å². The first-order valence-corrected chi connectivity index (χ1v) is 7.11. The number of rotatable bonds is 3. The summed E-state index contributed by atoms with van der Waals surface area (Å²) in [5.74, 6) is -0.418. The number of thioether (sulfide) groups is 1. The number of methoxy groups -OCH3 is 1. The number of ether oxygens (including phenoxy) is 1. The van der Waals surface area contributed by atoms with Gasteiger partial charge in [-0.2, -0.15) is 0 Å². The van der Waals surface area contributed by atoms with Crippen molar-refractivity contribution in [2.75, 3.05) is 7.11 Å². The van der Waals surface area contributed by atoms with Gasteiger partial charge in [0.25, 0.3) is 0 Å². The third kappa shape index (κ3) is 3.21.